The summed E-state index contributed by atoms with van der Waals surface area (Å²) >= 11 is 6.09. The van der Waals surface area contributed by atoms with Crippen molar-refractivity contribution < 1.29 is 14.3 Å². The van der Waals surface area contributed by atoms with E-state index in [0.717, 1.165) is 18.4 Å². The van der Waals surface area contributed by atoms with Gasteiger partial charge in [0.05, 0.1) is 11.8 Å². The lowest BCUT2D eigenvalue weighted by Crippen LogP contribution is -2.40. The largest absolute Gasteiger partial charge is 0.489 e. The number of rotatable bonds is 5. The average Bonchev–Trinajstić information content (AvgIpc) is 3.07. The number of nitrogens with zero attached hydrogens (tertiary/aromatic N) is 3. The molecule has 144 valence electrons. The second kappa shape index (κ2) is 8.43. The van der Waals surface area contributed by atoms with E-state index in [9.17, 15) is 9.59 Å². The highest BCUT2D eigenvalue weighted by molar-refractivity contribution is 6.31. The third-order valence-electron chi connectivity index (χ3n) is 4.58. The summed E-state index contributed by atoms with van der Waals surface area (Å²) in [6.07, 6.45) is 4.99. The minimum absolute atomic E-state index is 0.0355. The molecule has 1 N–H and O–H groups in total. The molecular weight excluding hydrogens is 368 g/mol. The standard InChI is InChI=1S/C19H23ClN4O3/c1-13(25)24-7-5-16(6-8-24)27-18-4-3-15(20)9-17(18)19(26)21-10-14-11-22-23(2)12-14/h3-4,9,11-12,16H,5-8,10H2,1-2H3,(H,21,26). The SMILES string of the molecule is CC(=O)N1CCC(Oc2ccc(Cl)cc2C(=O)NCc2cnn(C)c2)CC1. The van der Waals surface area contributed by atoms with E-state index in [1.54, 1.807) is 36.0 Å². The molecule has 0 aliphatic carbocycles. The summed E-state index contributed by atoms with van der Waals surface area (Å²) in [6, 6.07) is 5.04. The van der Waals surface area contributed by atoms with Gasteiger partial charge in [-0.25, -0.2) is 0 Å². The van der Waals surface area contributed by atoms with Crippen LogP contribution in [-0.4, -0.2) is 45.7 Å². The summed E-state index contributed by atoms with van der Waals surface area (Å²) < 4.78 is 7.76. The molecule has 2 amide bonds. The van der Waals surface area contributed by atoms with Crippen LogP contribution >= 0.6 is 11.6 Å². The van der Waals surface area contributed by atoms with Gasteiger partial charge in [-0.3, -0.25) is 14.3 Å². The summed E-state index contributed by atoms with van der Waals surface area (Å²) in [5.74, 6) is 0.331. The first-order valence-corrected chi connectivity index (χ1v) is 9.27. The van der Waals surface area contributed by atoms with Crippen LogP contribution in [0.5, 0.6) is 5.75 Å². The van der Waals surface area contributed by atoms with Gasteiger partial charge in [0.2, 0.25) is 5.91 Å². The highest BCUT2D eigenvalue weighted by Crippen LogP contribution is 2.26. The molecule has 1 aromatic carbocycles. The molecule has 1 aliphatic heterocycles. The van der Waals surface area contributed by atoms with Crippen LogP contribution in [0.1, 0.15) is 35.7 Å². The van der Waals surface area contributed by atoms with Crippen molar-refractivity contribution >= 4 is 23.4 Å². The van der Waals surface area contributed by atoms with Gasteiger partial charge in [0.1, 0.15) is 11.9 Å². The first kappa shape index (κ1) is 19.2. The lowest BCUT2D eigenvalue weighted by molar-refractivity contribution is -0.130. The van der Waals surface area contributed by atoms with Gasteiger partial charge in [-0.2, -0.15) is 5.10 Å². The fraction of sp³-hybridized carbons (Fsp3) is 0.421. The van der Waals surface area contributed by atoms with Crippen molar-refractivity contribution in [2.75, 3.05) is 13.1 Å². The zero-order valence-corrected chi connectivity index (χ0v) is 16.2. The lowest BCUT2D eigenvalue weighted by Gasteiger charge is -2.31. The lowest BCUT2D eigenvalue weighted by atomic mass is 10.1. The van der Waals surface area contributed by atoms with Gasteiger partial charge in [-0.05, 0) is 18.2 Å². The highest BCUT2D eigenvalue weighted by atomic mass is 35.5. The number of aryl methyl sites for hydroxylation is 1. The maximum atomic E-state index is 12.7. The number of halogens is 1. The second-order valence-electron chi connectivity index (χ2n) is 6.67. The summed E-state index contributed by atoms with van der Waals surface area (Å²) in [6.45, 7) is 3.27. The zero-order chi connectivity index (χ0) is 19.4. The Hall–Kier alpha value is -2.54. The Morgan fingerprint density at radius 1 is 1.33 bits per heavy atom. The Bertz CT molecular complexity index is 828. The van der Waals surface area contributed by atoms with Gasteiger partial charge in [0.25, 0.3) is 5.91 Å². The van der Waals surface area contributed by atoms with Crippen molar-refractivity contribution in [3.63, 3.8) is 0 Å². The predicted molar refractivity (Wildman–Crippen MR) is 102 cm³/mol. The molecule has 27 heavy (non-hydrogen) atoms. The number of ether oxygens (including phenoxy) is 1. The van der Waals surface area contributed by atoms with E-state index in [2.05, 4.69) is 10.4 Å². The number of benzene rings is 1. The monoisotopic (exact) mass is 390 g/mol. The third kappa shape index (κ3) is 5.01. The quantitative estimate of drug-likeness (QED) is 0.850. The number of nitrogens with one attached hydrogen (secondary N) is 1. The van der Waals surface area contributed by atoms with Crippen LogP contribution in [0.2, 0.25) is 5.02 Å². The van der Waals surface area contributed by atoms with Crippen molar-refractivity contribution in [2.45, 2.75) is 32.4 Å². The van der Waals surface area contributed by atoms with Crippen LogP contribution < -0.4 is 10.1 Å². The number of piperidine rings is 1. The van der Waals surface area contributed by atoms with E-state index in [4.69, 9.17) is 16.3 Å². The number of hydrogen-bond donors (Lipinski definition) is 1. The van der Waals surface area contributed by atoms with Crippen LogP contribution in [0.3, 0.4) is 0 Å². The molecule has 1 saturated heterocycles. The topological polar surface area (TPSA) is 76.5 Å². The van der Waals surface area contributed by atoms with Crippen LogP contribution in [0.15, 0.2) is 30.6 Å². The van der Waals surface area contributed by atoms with E-state index >= 15 is 0 Å². The van der Waals surface area contributed by atoms with E-state index in [1.807, 2.05) is 18.1 Å². The van der Waals surface area contributed by atoms with Crippen molar-refractivity contribution in [1.82, 2.24) is 20.0 Å². The molecule has 2 aromatic rings. The molecule has 0 unspecified atom stereocenters. The number of hydrogen-bond acceptors (Lipinski definition) is 4. The molecular formula is C19H23ClN4O3. The molecule has 1 fully saturated rings. The molecule has 3 rings (SSSR count). The number of aromatic nitrogens is 2. The fourth-order valence-corrected chi connectivity index (χ4v) is 3.26. The first-order valence-electron chi connectivity index (χ1n) is 8.90. The van der Waals surface area contributed by atoms with E-state index in [1.165, 1.54) is 0 Å². The predicted octanol–water partition coefficient (Wildman–Crippen LogP) is 2.39. The minimum atomic E-state index is -0.252. The van der Waals surface area contributed by atoms with Crippen LogP contribution in [-0.2, 0) is 18.4 Å². The summed E-state index contributed by atoms with van der Waals surface area (Å²) in [7, 11) is 1.83. The Balaban J connectivity index is 1.65. The summed E-state index contributed by atoms with van der Waals surface area (Å²) in [5, 5.41) is 7.43. The smallest absolute Gasteiger partial charge is 0.255 e. The van der Waals surface area contributed by atoms with Crippen LogP contribution in [0, 0.1) is 0 Å². The molecule has 1 aromatic heterocycles. The van der Waals surface area contributed by atoms with E-state index in [0.29, 0.717) is 36.0 Å². The van der Waals surface area contributed by atoms with Crippen LogP contribution in [0.25, 0.3) is 0 Å². The minimum Gasteiger partial charge on any atom is -0.489 e. The summed E-state index contributed by atoms with van der Waals surface area (Å²) in [4.78, 5) is 25.9. The van der Waals surface area contributed by atoms with Crippen molar-refractivity contribution in [2.24, 2.45) is 7.05 Å². The maximum Gasteiger partial charge on any atom is 0.255 e. The molecule has 8 heteroatoms. The van der Waals surface area contributed by atoms with Gasteiger partial charge in [-0.15, -0.1) is 0 Å². The molecule has 0 bridgehead atoms. The van der Waals surface area contributed by atoms with Crippen molar-refractivity contribution in [1.29, 1.82) is 0 Å². The van der Waals surface area contributed by atoms with Crippen molar-refractivity contribution in [3.8, 4) is 5.75 Å². The van der Waals surface area contributed by atoms with Gasteiger partial charge in [0.15, 0.2) is 0 Å². The first-order chi connectivity index (χ1) is 12.9. The normalized spacial score (nSPS) is 14.9. The molecule has 0 atom stereocenters. The van der Waals surface area contributed by atoms with Gasteiger partial charge < -0.3 is 15.0 Å². The molecule has 2 heterocycles. The van der Waals surface area contributed by atoms with E-state index < -0.39 is 0 Å². The third-order valence-corrected chi connectivity index (χ3v) is 4.81. The van der Waals surface area contributed by atoms with Crippen LogP contribution in [0.4, 0.5) is 0 Å². The molecule has 0 spiro atoms. The fourth-order valence-electron chi connectivity index (χ4n) is 3.09. The van der Waals surface area contributed by atoms with Gasteiger partial charge in [-0.1, -0.05) is 11.6 Å². The average molecular weight is 391 g/mol. The Labute approximate surface area is 163 Å². The second-order valence-corrected chi connectivity index (χ2v) is 7.11. The Morgan fingerprint density at radius 2 is 2.07 bits per heavy atom. The molecule has 1 aliphatic rings. The number of carbonyl (C=O) groups excluding carboxylic acids is 2. The maximum absolute atomic E-state index is 12.7. The highest BCUT2D eigenvalue weighted by Gasteiger charge is 2.24. The number of likely N-dealkylation sites (tertiary alicyclic amines) is 1. The molecule has 0 radical (unpaired) electrons. The summed E-state index contributed by atoms with van der Waals surface area (Å²) in [5.41, 5.74) is 1.31. The van der Waals surface area contributed by atoms with Gasteiger partial charge >= 0.3 is 0 Å². The van der Waals surface area contributed by atoms with Crippen molar-refractivity contribution in [3.05, 3.63) is 46.7 Å². The van der Waals surface area contributed by atoms with Gasteiger partial charge in [0, 0.05) is 63.2 Å². The Kier molecular flexibility index (Phi) is 6.01. The zero-order valence-electron chi connectivity index (χ0n) is 15.4. The number of carbonyl (C=O) groups is 2. The van der Waals surface area contributed by atoms with E-state index in [-0.39, 0.29) is 17.9 Å². The Morgan fingerprint density at radius 3 is 2.70 bits per heavy atom. The number of amides is 2. The molecule has 7 nitrogen and oxygen atoms in total. The molecule has 0 saturated carbocycles.